The maximum absolute atomic E-state index is 5.20. The second-order valence-electron chi connectivity index (χ2n) is 3.62. The van der Waals surface area contributed by atoms with Crippen LogP contribution in [0.2, 0.25) is 0 Å². The number of rotatable bonds is 3. The quantitative estimate of drug-likeness (QED) is 0.759. The molecule has 1 N–H and O–H groups in total. The Balaban J connectivity index is 3.26. The number of aromatic amines is 1. The molecule has 1 rings (SSSR count). The van der Waals surface area contributed by atoms with E-state index >= 15 is 0 Å². The summed E-state index contributed by atoms with van der Waals surface area (Å²) in [4.78, 5) is 0. The summed E-state index contributed by atoms with van der Waals surface area (Å²) in [7, 11) is 0. The highest BCUT2D eigenvalue weighted by Crippen LogP contribution is 2.25. The Hall–Kier alpha value is -0.640. The number of hydrogen-bond acceptors (Lipinski definition) is 2. The topological polar surface area (TPSA) is 33.6 Å². The van der Waals surface area contributed by atoms with E-state index in [1.165, 1.54) is 0 Å². The van der Waals surface area contributed by atoms with E-state index in [9.17, 15) is 0 Å². The molecule has 1 aromatic rings. The van der Waals surface area contributed by atoms with E-state index in [-0.39, 0.29) is 5.54 Å². The van der Waals surface area contributed by atoms with Crippen LogP contribution in [0.1, 0.15) is 39.4 Å². The predicted octanol–water partition coefficient (Wildman–Crippen LogP) is 2.78. The first-order valence-electron chi connectivity index (χ1n) is 4.69. The Morgan fingerprint density at radius 2 is 2.00 bits per heavy atom. The van der Waals surface area contributed by atoms with Gasteiger partial charge in [-0.3, -0.25) is 9.67 Å². The fourth-order valence-electron chi connectivity index (χ4n) is 1.58. The average Bonchev–Trinajstić information content (AvgIpc) is 2.46. The van der Waals surface area contributed by atoms with Crippen molar-refractivity contribution in [2.24, 2.45) is 0 Å². The lowest BCUT2D eigenvalue weighted by Crippen LogP contribution is -2.29. The van der Waals surface area contributed by atoms with Gasteiger partial charge in [-0.25, -0.2) is 0 Å². The van der Waals surface area contributed by atoms with E-state index in [2.05, 4.69) is 35.5 Å². The minimum atomic E-state index is 0.105. The van der Waals surface area contributed by atoms with Gasteiger partial charge in [-0.15, -0.1) is 0 Å². The van der Waals surface area contributed by atoms with E-state index in [0.717, 1.165) is 23.4 Å². The van der Waals surface area contributed by atoms with Crippen LogP contribution in [-0.2, 0) is 5.54 Å². The van der Waals surface area contributed by atoms with Gasteiger partial charge >= 0.3 is 0 Å². The van der Waals surface area contributed by atoms with Crippen molar-refractivity contribution in [3.8, 4) is 0 Å². The second kappa shape index (κ2) is 3.62. The van der Waals surface area contributed by atoms with E-state index in [1.54, 1.807) is 0 Å². The third-order valence-corrected chi connectivity index (χ3v) is 3.18. The normalized spacial score (nSPS) is 12.0. The zero-order chi connectivity index (χ0) is 10.1. The van der Waals surface area contributed by atoms with Crippen molar-refractivity contribution >= 4 is 12.2 Å². The van der Waals surface area contributed by atoms with E-state index in [1.807, 2.05) is 6.92 Å². The molecule has 0 bridgehead atoms. The molecule has 0 saturated carbocycles. The fourth-order valence-corrected chi connectivity index (χ4v) is 1.98. The van der Waals surface area contributed by atoms with Gasteiger partial charge in [0.15, 0.2) is 4.77 Å². The Morgan fingerprint density at radius 3 is 2.31 bits per heavy atom. The first-order valence-corrected chi connectivity index (χ1v) is 5.10. The Morgan fingerprint density at radius 1 is 1.46 bits per heavy atom. The zero-order valence-electron chi connectivity index (χ0n) is 8.72. The minimum absolute atomic E-state index is 0.105. The Labute approximate surface area is 84.2 Å². The summed E-state index contributed by atoms with van der Waals surface area (Å²) in [6.45, 7) is 8.55. The molecule has 4 heteroatoms. The molecule has 0 aromatic carbocycles. The van der Waals surface area contributed by atoms with Crippen LogP contribution in [0.15, 0.2) is 0 Å². The van der Waals surface area contributed by atoms with Crippen molar-refractivity contribution in [1.82, 2.24) is 14.8 Å². The molecule has 0 aliphatic heterocycles. The first-order chi connectivity index (χ1) is 6.05. The van der Waals surface area contributed by atoms with Gasteiger partial charge in [0.05, 0.1) is 0 Å². The number of H-pyrrole nitrogens is 1. The van der Waals surface area contributed by atoms with Gasteiger partial charge in [0.25, 0.3) is 0 Å². The third kappa shape index (κ3) is 1.68. The highest BCUT2D eigenvalue weighted by atomic mass is 32.1. The van der Waals surface area contributed by atoms with Crippen LogP contribution in [0.4, 0.5) is 0 Å². The molecule has 0 unspecified atom stereocenters. The molecule has 3 nitrogen and oxygen atoms in total. The highest BCUT2D eigenvalue weighted by molar-refractivity contribution is 7.71. The van der Waals surface area contributed by atoms with E-state index in [4.69, 9.17) is 12.2 Å². The summed E-state index contributed by atoms with van der Waals surface area (Å²) in [5, 5.41) is 6.95. The minimum Gasteiger partial charge on any atom is -0.298 e. The molecule has 0 fully saturated rings. The standard InChI is InChI=1S/C9H17N3S/c1-5-9(4,6-2)12-7(3)10-11-8(12)13/h5-6H2,1-4H3,(H,11,13). The lowest BCUT2D eigenvalue weighted by molar-refractivity contribution is 0.284. The third-order valence-electron chi connectivity index (χ3n) is 2.90. The van der Waals surface area contributed by atoms with Crippen molar-refractivity contribution in [1.29, 1.82) is 0 Å². The molecule has 0 radical (unpaired) electrons. The molecule has 0 atom stereocenters. The van der Waals surface area contributed by atoms with Crippen molar-refractivity contribution in [2.45, 2.75) is 46.1 Å². The average molecular weight is 199 g/mol. The maximum atomic E-state index is 5.20. The van der Waals surface area contributed by atoms with Crippen LogP contribution in [0, 0.1) is 11.7 Å². The smallest absolute Gasteiger partial charge is 0.195 e. The van der Waals surface area contributed by atoms with Crippen LogP contribution in [0.3, 0.4) is 0 Å². The van der Waals surface area contributed by atoms with Gasteiger partial charge in [0.2, 0.25) is 0 Å². The van der Waals surface area contributed by atoms with Gasteiger partial charge in [0, 0.05) is 5.54 Å². The summed E-state index contributed by atoms with van der Waals surface area (Å²) in [5.41, 5.74) is 0.105. The molecule has 1 heterocycles. The van der Waals surface area contributed by atoms with Crippen LogP contribution in [0.5, 0.6) is 0 Å². The lowest BCUT2D eigenvalue weighted by atomic mass is 9.95. The summed E-state index contributed by atoms with van der Waals surface area (Å²) < 4.78 is 2.84. The summed E-state index contributed by atoms with van der Waals surface area (Å²) >= 11 is 5.20. The van der Waals surface area contributed by atoms with Crippen LogP contribution in [-0.4, -0.2) is 14.8 Å². The number of hydrogen-bond donors (Lipinski definition) is 1. The maximum Gasteiger partial charge on any atom is 0.195 e. The van der Waals surface area contributed by atoms with Crippen LogP contribution in [0.25, 0.3) is 0 Å². The van der Waals surface area contributed by atoms with E-state index < -0.39 is 0 Å². The number of nitrogens with zero attached hydrogens (tertiary/aromatic N) is 2. The second-order valence-corrected chi connectivity index (χ2v) is 4.00. The lowest BCUT2D eigenvalue weighted by Gasteiger charge is -2.29. The molecule has 0 saturated heterocycles. The SMILES string of the molecule is CCC(C)(CC)n1c(C)n[nH]c1=S. The van der Waals surface area contributed by atoms with Gasteiger partial charge in [-0.1, -0.05) is 13.8 Å². The Kier molecular flexibility index (Phi) is 2.91. The zero-order valence-corrected chi connectivity index (χ0v) is 9.53. The van der Waals surface area contributed by atoms with Gasteiger partial charge < -0.3 is 0 Å². The molecule has 1 aromatic heterocycles. The number of aryl methyl sites for hydroxylation is 1. The molecular weight excluding hydrogens is 182 g/mol. The van der Waals surface area contributed by atoms with Crippen LogP contribution < -0.4 is 0 Å². The summed E-state index contributed by atoms with van der Waals surface area (Å²) in [6.07, 6.45) is 2.14. The first kappa shape index (κ1) is 10.4. The summed E-state index contributed by atoms with van der Waals surface area (Å²) in [5.74, 6) is 0.969. The number of aromatic nitrogens is 3. The molecule has 74 valence electrons. The van der Waals surface area contributed by atoms with Gasteiger partial charge in [-0.2, -0.15) is 5.10 Å². The number of nitrogens with one attached hydrogen (secondary N) is 1. The van der Waals surface area contributed by atoms with Crippen LogP contribution >= 0.6 is 12.2 Å². The molecular formula is C9H17N3S. The monoisotopic (exact) mass is 199 g/mol. The predicted molar refractivity (Wildman–Crippen MR) is 56.4 cm³/mol. The highest BCUT2D eigenvalue weighted by Gasteiger charge is 2.24. The van der Waals surface area contributed by atoms with E-state index in [0.29, 0.717) is 0 Å². The molecule has 0 aliphatic rings. The van der Waals surface area contributed by atoms with Crippen molar-refractivity contribution < 1.29 is 0 Å². The van der Waals surface area contributed by atoms with Crippen molar-refractivity contribution in [3.63, 3.8) is 0 Å². The fraction of sp³-hybridized carbons (Fsp3) is 0.778. The van der Waals surface area contributed by atoms with Crippen molar-refractivity contribution in [2.75, 3.05) is 0 Å². The molecule has 0 aliphatic carbocycles. The van der Waals surface area contributed by atoms with Crippen molar-refractivity contribution in [3.05, 3.63) is 10.6 Å². The largest absolute Gasteiger partial charge is 0.298 e. The molecule has 0 amide bonds. The summed E-state index contributed by atoms with van der Waals surface area (Å²) in [6, 6.07) is 0. The Bertz CT molecular complexity index is 333. The molecule has 13 heavy (non-hydrogen) atoms. The molecule has 0 spiro atoms. The van der Waals surface area contributed by atoms with Gasteiger partial charge in [0.1, 0.15) is 5.82 Å². The van der Waals surface area contributed by atoms with Gasteiger partial charge in [-0.05, 0) is 38.9 Å².